The number of rotatable bonds is 9. The number of ether oxygens (including phenoxy) is 1. The number of halogens is 2. The third-order valence-corrected chi connectivity index (χ3v) is 4.40. The minimum absolute atomic E-state index is 0. The monoisotopic (exact) mass is 519 g/mol. The molecule has 1 unspecified atom stereocenters. The van der Waals surface area contributed by atoms with Crippen molar-refractivity contribution in [2.24, 2.45) is 10.9 Å². The zero-order valence-corrected chi connectivity index (χ0v) is 20.1. The molecule has 0 amide bonds. The molecule has 2 N–H and O–H groups in total. The first kappa shape index (κ1) is 24.6. The van der Waals surface area contributed by atoms with Crippen LogP contribution < -0.4 is 15.4 Å². The predicted octanol–water partition coefficient (Wildman–Crippen LogP) is 4.33. The van der Waals surface area contributed by atoms with E-state index in [0.29, 0.717) is 29.8 Å². The number of guanidine groups is 1. The maximum Gasteiger partial charge on any atom is 0.191 e. The number of aliphatic imine (C=N–C) groups is 1. The Morgan fingerprint density at radius 3 is 2.68 bits per heavy atom. The van der Waals surface area contributed by atoms with Crippen LogP contribution in [0.4, 0.5) is 0 Å². The molecule has 0 saturated heterocycles. The topological polar surface area (TPSA) is 63.5 Å². The van der Waals surface area contributed by atoms with Gasteiger partial charge >= 0.3 is 0 Å². The molecule has 0 saturated carbocycles. The number of nitrogens with one attached hydrogen (secondary N) is 2. The molecule has 8 heteroatoms. The van der Waals surface area contributed by atoms with E-state index in [2.05, 4.69) is 45.9 Å². The van der Waals surface area contributed by atoms with Gasteiger partial charge in [0.05, 0.1) is 18.1 Å². The lowest BCUT2D eigenvalue weighted by Crippen LogP contribution is -2.42. The van der Waals surface area contributed by atoms with Crippen LogP contribution in [0.5, 0.6) is 5.75 Å². The molecular weight excluding hydrogens is 489 g/mol. The summed E-state index contributed by atoms with van der Waals surface area (Å²) in [5.41, 5.74) is 0. The molecule has 0 aliphatic rings. The summed E-state index contributed by atoms with van der Waals surface area (Å²) in [5, 5.41) is 7.25. The molecule has 0 aliphatic heterocycles. The van der Waals surface area contributed by atoms with Gasteiger partial charge in [-0.1, -0.05) is 44.5 Å². The summed E-state index contributed by atoms with van der Waals surface area (Å²) in [4.78, 5) is 8.72. The Labute approximate surface area is 190 Å². The number of benzene rings is 1. The van der Waals surface area contributed by atoms with Crippen molar-refractivity contribution in [3.05, 3.63) is 47.5 Å². The van der Waals surface area contributed by atoms with Gasteiger partial charge in [-0.25, -0.2) is 4.98 Å². The van der Waals surface area contributed by atoms with Gasteiger partial charge in [0, 0.05) is 26.0 Å². The summed E-state index contributed by atoms with van der Waals surface area (Å²) in [6.45, 7) is 8.67. The Morgan fingerprint density at radius 1 is 1.29 bits per heavy atom. The average molecular weight is 520 g/mol. The van der Waals surface area contributed by atoms with Crippen LogP contribution in [0.3, 0.4) is 0 Å². The molecule has 0 fully saturated rings. The smallest absolute Gasteiger partial charge is 0.191 e. The zero-order valence-electron chi connectivity index (χ0n) is 17.0. The summed E-state index contributed by atoms with van der Waals surface area (Å²) in [6, 6.07) is 7.52. The average Bonchev–Trinajstić information content (AvgIpc) is 3.08. The highest BCUT2D eigenvalue weighted by atomic mass is 127. The van der Waals surface area contributed by atoms with E-state index in [9.17, 15) is 0 Å². The molecule has 1 atom stereocenters. The first-order valence-corrected chi connectivity index (χ1v) is 9.77. The van der Waals surface area contributed by atoms with Gasteiger partial charge in [0.2, 0.25) is 0 Å². The van der Waals surface area contributed by atoms with Crippen LogP contribution in [-0.4, -0.2) is 35.2 Å². The summed E-state index contributed by atoms with van der Waals surface area (Å²) < 4.78 is 8.18. The van der Waals surface area contributed by atoms with Crippen molar-refractivity contribution in [1.29, 1.82) is 0 Å². The SMILES string of the molecule is CCC(CNC(=NC)NCc1nccn1CC(C)C)Oc1ccccc1Cl.I. The van der Waals surface area contributed by atoms with Crippen molar-refractivity contribution in [1.82, 2.24) is 20.2 Å². The Balaban J connectivity index is 0.00000392. The fraction of sp³-hybridized carbons (Fsp3) is 0.500. The lowest BCUT2D eigenvalue weighted by molar-refractivity contribution is 0.199. The maximum absolute atomic E-state index is 6.18. The quantitative estimate of drug-likeness (QED) is 0.294. The second-order valence-corrected chi connectivity index (χ2v) is 7.18. The van der Waals surface area contributed by atoms with E-state index in [1.54, 1.807) is 7.05 Å². The molecule has 28 heavy (non-hydrogen) atoms. The molecule has 156 valence electrons. The van der Waals surface area contributed by atoms with E-state index in [0.717, 1.165) is 24.7 Å². The van der Waals surface area contributed by atoms with E-state index >= 15 is 0 Å². The van der Waals surface area contributed by atoms with Crippen LogP contribution in [0.25, 0.3) is 0 Å². The van der Waals surface area contributed by atoms with Crippen LogP contribution in [0.1, 0.15) is 33.0 Å². The van der Waals surface area contributed by atoms with Gasteiger partial charge in [0.15, 0.2) is 5.96 Å². The minimum Gasteiger partial charge on any atom is -0.487 e. The predicted molar refractivity (Wildman–Crippen MR) is 127 cm³/mol. The van der Waals surface area contributed by atoms with E-state index in [1.807, 2.05) is 36.7 Å². The van der Waals surface area contributed by atoms with Gasteiger partial charge in [-0.2, -0.15) is 0 Å². The fourth-order valence-corrected chi connectivity index (χ4v) is 2.83. The number of aromatic nitrogens is 2. The van der Waals surface area contributed by atoms with Crippen molar-refractivity contribution in [3.8, 4) is 5.75 Å². The molecule has 1 heterocycles. The minimum atomic E-state index is -0.00798. The molecule has 1 aromatic heterocycles. The van der Waals surface area contributed by atoms with Crippen LogP contribution in [-0.2, 0) is 13.1 Å². The van der Waals surface area contributed by atoms with Crippen molar-refractivity contribution in [2.45, 2.75) is 46.4 Å². The molecule has 2 aromatic rings. The summed E-state index contributed by atoms with van der Waals surface area (Å²) in [5.74, 6) is 2.98. The molecule has 1 aromatic carbocycles. The molecule has 2 rings (SSSR count). The number of para-hydroxylation sites is 1. The zero-order chi connectivity index (χ0) is 19.6. The molecule has 0 bridgehead atoms. The number of hydrogen-bond donors (Lipinski definition) is 2. The van der Waals surface area contributed by atoms with E-state index in [4.69, 9.17) is 16.3 Å². The van der Waals surface area contributed by atoms with Crippen LogP contribution in [0.2, 0.25) is 5.02 Å². The summed E-state index contributed by atoms with van der Waals surface area (Å²) in [6.07, 6.45) is 4.69. The second kappa shape index (κ2) is 12.9. The third-order valence-electron chi connectivity index (χ3n) is 4.08. The lowest BCUT2D eigenvalue weighted by Gasteiger charge is -2.20. The Kier molecular flexibility index (Phi) is 11.3. The Hall–Kier alpha value is -1.48. The summed E-state index contributed by atoms with van der Waals surface area (Å²) in [7, 11) is 1.76. The van der Waals surface area contributed by atoms with Gasteiger partial charge in [0.25, 0.3) is 0 Å². The Bertz CT molecular complexity index is 735. The van der Waals surface area contributed by atoms with Crippen molar-refractivity contribution < 1.29 is 4.74 Å². The Morgan fingerprint density at radius 2 is 2.04 bits per heavy atom. The molecule has 0 radical (unpaired) electrons. The van der Waals surface area contributed by atoms with Crippen molar-refractivity contribution in [3.63, 3.8) is 0 Å². The highest BCUT2D eigenvalue weighted by molar-refractivity contribution is 14.0. The highest BCUT2D eigenvalue weighted by Gasteiger charge is 2.12. The standard InChI is InChI=1S/C20H30ClN5O.HI/c1-5-16(27-18-9-7-6-8-17(18)21)12-24-20(22-4)25-13-19-23-10-11-26(19)14-15(2)3;/h6-11,15-16H,5,12-14H2,1-4H3,(H2,22,24,25);1H. The van der Waals surface area contributed by atoms with Gasteiger partial charge in [-0.15, -0.1) is 24.0 Å². The number of nitrogens with zero attached hydrogens (tertiary/aromatic N) is 3. The molecule has 6 nitrogen and oxygen atoms in total. The fourth-order valence-electron chi connectivity index (χ4n) is 2.65. The number of hydrogen-bond acceptors (Lipinski definition) is 3. The largest absolute Gasteiger partial charge is 0.487 e. The third kappa shape index (κ3) is 7.87. The first-order chi connectivity index (χ1) is 13.0. The van der Waals surface area contributed by atoms with Gasteiger partial charge in [-0.3, -0.25) is 4.99 Å². The van der Waals surface area contributed by atoms with Crippen LogP contribution in [0, 0.1) is 5.92 Å². The first-order valence-electron chi connectivity index (χ1n) is 9.39. The van der Waals surface area contributed by atoms with E-state index < -0.39 is 0 Å². The lowest BCUT2D eigenvalue weighted by atomic mass is 10.2. The second-order valence-electron chi connectivity index (χ2n) is 6.77. The van der Waals surface area contributed by atoms with Crippen molar-refractivity contribution in [2.75, 3.05) is 13.6 Å². The number of imidazole rings is 1. The van der Waals surface area contributed by atoms with Gasteiger partial charge < -0.3 is 19.9 Å². The van der Waals surface area contributed by atoms with E-state index in [1.165, 1.54) is 0 Å². The van der Waals surface area contributed by atoms with Crippen LogP contribution in [0.15, 0.2) is 41.7 Å². The van der Waals surface area contributed by atoms with Gasteiger partial charge in [0.1, 0.15) is 17.7 Å². The van der Waals surface area contributed by atoms with Crippen molar-refractivity contribution >= 4 is 41.5 Å². The highest BCUT2D eigenvalue weighted by Crippen LogP contribution is 2.24. The molecule has 0 spiro atoms. The molecular formula is C20H31ClIN5O. The normalized spacial score (nSPS) is 12.4. The van der Waals surface area contributed by atoms with Gasteiger partial charge in [-0.05, 0) is 24.5 Å². The van der Waals surface area contributed by atoms with Crippen LogP contribution >= 0.6 is 35.6 Å². The van der Waals surface area contributed by atoms with E-state index in [-0.39, 0.29) is 30.1 Å². The maximum atomic E-state index is 6.18. The summed E-state index contributed by atoms with van der Waals surface area (Å²) >= 11 is 6.18. The molecule has 0 aliphatic carbocycles.